The molecule has 2 rings (SSSR count). The molecule has 0 bridgehead atoms. The fraction of sp³-hybridized carbons (Fsp3) is 0.267. The van der Waals surface area contributed by atoms with E-state index in [1.165, 1.54) is 55.5 Å². The summed E-state index contributed by atoms with van der Waals surface area (Å²) in [5.74, 6) is -1.32. The molecule has 0 aliphatic carbocycles. The number of carbonyl (C=O) groups excluding carboxylic acids is 3. The molecule has 1 aromatic heterocycles. The van der Waals surface area contributed by atoms with Crippen LogP contribution in [0.3, 0.4) is 0 Å². The van der Waals surface area contributed by atoms with E-state index >= 15 is 0 Å². The molecule has 8 nitrogen and oxygen atoms in total. The first kappa shape index (κ1) is 17.7. The van der Waals surface area contributed by atoms with Gasteiger partial charge in [-0.25, -0.2) is 4.79 Å². The molecule has 0 fully saturated rings. The number of ether oxygens (including phenoxy) is 1. The van der Waals surface area contributed by atoms with Crippen LogP contribution in [0.4, 0.5) is 5.13 Å². The zero-order valence-corrected chi connectivity index (χ0v) is 14.2. The van der Waals surface area contributed by atoms with Crippen LogP contribution in [-0.4, -0.2) is 42.0 Å². The Kier molecular flexibility index (Phi) is 5.37. The van der Waals surface area contributed by atoms with E-state index in [1.807, 2.05) is 0 Å². The summed E-state index contributed by atoms with van der Waals surface area (Å²) in [6.07, 6.45) is 0. The summed E-state index contributed by atoms with van der Waals surface area (Å²) >= 11 is 1.19. The zero-order valence-electron chi connectivity index (χ0n) is 13.4. The van der Waals surface area contributed by atoms with Gasteiger partial charge in [0, 0.05) is 24.7 Å². The molecule has 0 radical (unpaired) electrons. The van der Waals surface area contributed by atoms with Gasteiger partial charge in [-0.3, -0.25) is 14.5 Å². The average molecular weight is 348 g/mol. The maximum absolute atomic E-state index is 12.7. The van der Waals surface area contributed by atoms with Gasteiger partial charge in [-0.15, -0.1) is 10.2 Å². The number of ketones is 1. The predicted octanol–water partition coefficient (Wildman–Crippen LogP) is 1.26. The summed E-state index contributed by atoms with van der Waals surface area (Å²) < 4.78 is 4.66. The average Bonchev–Trinajstić information content (AvgIpc) is 3.08. The number of rotatable bonds is 5. The molecular weight excluding hydrogens is 332 g/mol. The fourth-order valence-electron chi connectivity index (χ4n) is 1.93. The molecule has 9 heteroatoms. The van der Waals surface area contributed by atoms with Crippen molar-refractivity contribution in [3.63, 3.8) is 0 Å². The van der Waals surface area contributed by atoms with Crippen LogP contribution in [0.15, 0.2) is 18.2 Å². The van der Waals surface area contributed by atoms with Crippen molar-refractivity contribution in [2.45, 2.75) is 13.5 Å². The molecule has 0 aliphatic rings. The van der Waals surface area contributed by atoms with Gasteiger partial charge in [-0.2, -0.15) is 0 Å². The highest BCUT2D eigenvalue weighted by Crippen LogP contribution is 2.22. The van der Waals surface area contributed by atoms with Gasteiger partial charge in [0.15, 0.2) is 5.78 Å². The van der Waals surface area contributed by atoms with Crippen LogP contribution in [0.1, 0.15) is 43.0 Å². The number of amides is 1. The van der Waals surface area contributed by atoms with E-state index < -0.39 is 11.9 Å². The Morgan fingerprint density at radius 2 is 1.79 bits per heavy atom. The number of anilines is 1. The van der Waals surface area contributed by atoms with Gasteiger partial charge in [0.1, 0.15) is 5.01 Å². The van der Waals surface area contributed by atoms with Crippen molar-refractivity contribution in [1.82, 2.24) is 10.2 Å². The highest BCUT2D eigenvalue weighted by atomic mass is 32.1. The zero-order chi connectivity index (χ0) is 17.9. The number of nitrogens with zero attached hydrogens (tertiary/aromatic N) is 3. The number of hydrogen-bond acceptors (Lipinski definition) is 8. The molecule has 0 spiro atoms. The summed E-state index contributed by atoms with van der Waals surface area (Å²) in [7, 11) is 2.76. The lowest BCUT2D eigenvalue weighted by atomic mass is 10.0. The van der Waals surface area contributed by atoms with E-state index in [9.17, 15) is 14.4 Å². The lowest BCUT2D eigenvalue weighted by molar-refractivity contribution is 0.0600. The normalized spacial score (nSPS) is 10.3. The van der Waals surface area contributed by atoms with E-state index in [0.29, 0.717) is 10.1 Å². The Bertz CT molecular complexity index is 803. The van der Waals surface area contributed by atoms with E-state index in [1.54, 1.807) is 0 Å². The van der Waals surface area contributed by atoms with Crippen LogP contribution in [0.25, 0.3) is 0 Å². The van der Waals surface area contributed by atoms with Crippen molar-refractivity contribution in [2.75, 3.05) is 19.1 Å². The third-order valence-corrected chi connectivity index (χ3v) is 4.25. The molecule has 1 amide bonds. The summed E-state index contributed by atoms with van der Waals surface area (Å²) in [6.45, 7) is 1.58. The van der Waals surface area contributed by atoms with Crippen LogP contribution in [0.5, 0.6) is 0 Å². The first-order valence-electron chi connectivity index (χ1n) is 6.92. The monoisotopic (exact) mass is 348 g/mol. The molecule has 1 aromatic carbocycles. The van der Waals surface area contributed by atoms with Gasteiger partial charge < -0.3 is 10.5 Å². The largest absolute Gasteiger partial charge is 0.465 e. The minimum absolute atomic E-state index is 0.127. The van der Waals surface area contributed by atoms with Gasteiger partial charge >= 0.3 is 5.97 Å². The number of nitrogens with two attached hydrogens (primary N) is 1. The van der Waals surface area contributed by atoms with E-state index in [2.05, 4.69) is 14.9 Å². The number of hydrogen-bond donors (Lipinski definition) is 1. The van der Waals surface area contributed by atoms with Gasteiger partial charge in [0.05, 0.1) is 12.7 Å². The quantitative estimate of drug-likeness (QED) is 0.639. The molecule has 0 aliphatic heterocycles. The number of esters is 1. The lowest BCUT2D eigenvalue weighted by Crippen LogP contribution is -2.26. The van der Waals surface area contributed by atoms with E-state index in [4.69, 9.17) is 5.73 Å². The van der Waals surface area contributed by atoms with E-state index in [-0.39, 0.29) is 29.0 Å². The van der Waals surface area contributed by atoms with Crippen molar-refractivity contribution >= 4 is 34.1 Å². The highest BCUT2D eigenvalue weighted by Gasteiger charge is 2.20. The fourth-order valence-corrected chi connectivity index (χ4v) is 2.61. The SMILES string of the molecule is COC(=O)c1cc(C(C)=O)cc(C(=O)N(C)c2nnc(CN)s2)c1. The van der Waals surface area contributed by atoms with Gasteiger partial charge in [-0.1, -0.05) is 11.3 Å². The highest BCUT2D eigenvalue weighted by molar-refractivity contribution is 7.15. The molecule has 0 saturated heterocycles. The first-order valence-corrected chi connectivity index (χ1v) is 7.73. The predicted molar refractivity (Wildman–Crippen MR) is 88.3 cm³/mol. The van der Waals surface area contributed by atoms with Crippen LogP contribution in [-0.2, 0) is 11.3 Å². The van der Waals surface area contributed by atoms with Crippen molar-refractivity contribution in [3.8, 4) is 0 Å². The van der Waals surface area contributed by atoms with Crippen molar-refractivity contribution in [1.29, 1.82) is 0 Å². The number of carbonyl (C=O) groups is 3. The lowest BCUT2D eigenvalue weighted by Gasteiger charge is -2.14. The third kappa shape index (κ3) is 3.63. The molecule has 1 heterocycles. The summed E-state index contributed by atoms with van der Waals surface area (Å²) in [5, 5.41) is 8.72. The summed E-state index contributed by atoms with van der Waals surface area (Å²) in [5.41, 5.74) is 6.04. The standard InChI is InChI=1S/C15H16N4O4S/c1-8(20)9-4-10(6-11(5-9)14(22)23-3)13(21)19(2)15-18-17-12(7-16)24-15/h4-6H,7,16H2,1-3H3. The van der Waals surface area contributed by atoms with Gasteiger partial charge in [0.25, 0.3) is 5.91 Å². The molecule has 126 valence electrons. The second-order valence-corrected chi connectivity index (χ2v) is 5.93. The molecular formula is C15H16N4O4S. The van der Waals surface area contributed by atoms with Crippen LogP contribution >= 0.6 is 11.3 Å². The van der Waals surface area contributed by atoms with Crippen molar-refractivity contribution in [3.05, 3.63) is 39.9 Å². The van der Waals surface area contributed by atoms with Gasteiger partial charge in [-0.05, 0) is 25.1 Å². The Hall–Kier alpha value is -2.65. The Morgan fingerprint density at radius 3 is 2.33 bits per heavy atom. The van der Waals surface area contributed by atoms with Crippen LogP contribution in [0.2, 0.25) is 0 Å². The summed E-state index contributed by atoms with van der Waals surface area (Å²) in [4.78, 5) is 37.3. The Morgan fingerprint density at radius 1 is 1.17 bits per heavy atom. The Balaban J connectivity index is 2.41. The third-order valence-electron chi connectivity index (χ3n) is 3.23. The smallest absolute Gasteiger partial charge is 0.337 e. The van der Waals surface area contributed by atoms with E-state index in [0.717, 1.165) is 0 Å². The van der Waals surface area contributed by atoms with Crippen LogP contribution < -0.4 is 10.6 Å². The van der Waals surface area contributed by atoms with Crippen molar-refractivity contribution in [2.24, 2.45) is 5.73 Å². The van der Waals surface area contributed by atoms with Crippen LogP contribution in [0, 0.1) is 0 Å². The maximum Gasteiger partial charge on any atom is 0.337 e. The number of benzene rings is 1. The molecule has 2 N–H and O–H groups in total. The minimum Gasteiger partial charge on any atom is -0.465 e. The minimum atomic E-state index is -0.629. The molecule has 0 atom stereocenters. The second-order valence-electron chi connectivity index (χ2n) is 4.89. The van der Waals surface area contributed by atoms with Gasteiger partial charge in [0.2, 0.25) is 5.13 Å². The maximum atomic E-state index is 12.7. The van der Waals surface area contributed by atoms with Crippen molar-refractivity contribution < 1.29 is 19.1 Å². The topological polar surface area (TPSA) is 115 Å². The Labute approximate surface area is 142 Å². The molecule has 2 aromatic rings. The second kappa shape index (κ2) is 7.28. The number of methoxy groups -OCH3 is 1. The number of Topliss-reactive ketones (excluding diaryl/α,β-unsaturated/α-hetero) is 1. The summed E-state index contributed by atoms with van der Waals surface area (Å²) in [6, 6.07) is 4.20. The first-order chi connectivity index (χ1) is 11.4. The number of aromatic nitrogens is 2. The molecule has 24 heavy (non-hydrogen) atoms. The molecule has 0 unspecified atom stereocenters. The molecule has 0 saturated carbocycles.